The molecular formula is C26H30N8O2. The average Bonchev–Trinajstić information content (AvgIpc) is 3.67. The number of aliphatic hydroxyl groups excluding tert-OH is 1. The van der Waals surface area contributed by atoms with Gasteiger partial charge in [0.15, 0.2) is 17.3 Å². The van der Waals surface area contributed by atoms with Crippen LogP contribution in [-0.2, 0) is 22.8 Å². The lowest BCUT2D eigenvalue weighted by Gasteiger charge is -2.48. The minimum atomic E-state index is -0.746. The van der Waals surface area contributed by atoms with E-state index in [4.69, 9.17) is 14.8 Å². The summed E-state index contributed by atoms with van der Waals surface area (Å²) in [6.07, 6.45) is 3.82. The number of pyridine rings is 1. The number of benzene rings is 1. The molecule has 10 heteroatoms. The van der Waals surface area contributed by atoms with Gasteiger partial charge in [0.05, 0.1) is 38.1 Å². The van der Waals surface area contributed by atoms with Gasteiger partial charge in [0.2, 0.25) is 0 Å². The van der Waals surface area contributed by atoms with Gasteiger partial charge in [-0.05, 0) is 42.2 Å². The molecule has 1 aromatic carbocycles. The summed E-state index contributed by atoms with van der Waals surface area (Å²) in [6, 6.07) is 13.0. The van der Waals surface area contributed by atoms with Crippen LogP contribution < -0.4 is 4.90 Å². The zero-order valence-electron chi connectivity index (χ0n) is 20.8. The van der Waals surface area contributed by atoms with Gasteiger partial charge in [-0.25, -0.2) is 9.50 Å². The van der Waals surface area contributed by atoms with E-state index >= 15 is 0 Å². The number of tetrazole rings is 1. The number of rotatable bonds is 5. The highest BCUT2D eigenvalue weighted by Crippen LogP contribution is 2.70. The van der Waals surface area contributed by atoms with Crippen LogP contribution >= 0.6 is 0 Å². The largest absolute Gasteiger partial charge is 0.396 e. The Labute approximate surface area is 208 Å². The van der Waals surface area contributed by atoms with Crippen LogP contribution in [0.15, 0.2) is 42.6 Å². The van der Waals surface area contributed by atoms with Crippen LogP contribution in [-0.4, -0.2) is 66.2 Å². The second-order valence-electron chi connectivity index (χ2n) is 11.1. The maximum absolute atomic E-state index is 10.2. The summed E-state index contributed by atoms with van der Waals surface area (Å²) in [4.78, 5) is 8.82. The van der Waals surface area contributed by atoms with Crippen LogP contribution in [0.2, 0.25) is 0 Å². The summed E-state index contributed by atoms with van der Waals surface area (Å²) in [5, 5.41) is 27.9. The molecule has 3 unspecified atom stereocenters. The molecule has 3 aliphatic heterocycles. The van der Waals surface area contributed by atoms with E-state index in [2.05, 4.69) is 76.8 Å². The van der Waals surface area contributed by atoms with Crippen molar-refractivity contribution in [3.05, 3.63) is 65.4 Å². The Morgan fingerprint density at radius 3 is 2.78 bits per heavy atom. The van der Waals surface area contributed by atoms with Crippen molar-refractivity contribution in [3.8, 4) is 0 Å². The summed E-state index contributed by atoms with van der Waals surface area (Å²) >= 11 is 0. The predicted molar refractivity (Wildman–Crippen MR) is 132 cm³/mol. The van der Waals surface area contributed by atoms with Crippen molar-refractivity contribution < 1.29 is 9.84 Å². The number of hydrogen-bond acceptors (Lipinski definition) is 8. The molecule has 4 atom stereocenters. The quantitative estimate of drug-likeness (QED) is 0.457. The fourth-order valence-corrected chi connectivity index (χ4v) is 6.74. The maximum atomic E-state index is 10.2. The highest BCUT2D eigenvalue weighted by atomic mass is 16.5. The van der Waals surface area contributed by atoms with Crippen LogP contribution in [0.4, 0.5) is 5.69 Å². The first kappa shape index (κ1) is 21.9. The fourth-order valence-electron chi connectivity index (χ4n) is 6.74. The lowest BCUT2D eigenvalue weighted by atomic mass is 9.53. The summed E-state index contributed by atoms with van der Waals surface area (Å²) in [7, 11) is 1.74. The topological polar surface area (TPSA) is 106 Å². The minimum absolute atomic E-state index is 0.00333. The number of nitrogens with zero attached hydrogens (tertiary/aromatic N) is 8. The van der Waals surface area contributed by atoms with Gasteiger partial charge in [0.1, 0.15) is 5.60 Å². The van der Waals surface area contributed by atoms with E-state index < -0.39 is 11.0 Å². The molecule has 4 aliphatic rings. The van der Waals surface area contributed by atoms with Crippen LogP contribution in [0.3, 0.4) is 0 Å². The molecule has 1 saturated carbocycles. The second-order valence-corrected chi connectivity index (χ2v) is 11.1. The Morgan fingerprint density at radius 1 is 1.19 bits per heavy atom. The smallest absolute Gasteiger partial charge is 0.184 e. The lowest BCUT2D eigenvalue weighted by Crippen LogP contribution is -2.53. The molecule has 1 N–H and O–H groups in total. The van der Waals surface area contributed by atoms with Crippen molar-refractivity contribution in [1.82, 2.24) is 34.8 Å². The molecule has 3 aromatic heterocycles. The lowest BCUT2D eigenvalue weighted by molar-refractivity contribution is -0.0716. The molecule has 6 heterocycles. The van der Waals surface area contributed by atoms with E-state index in [9.17, 15) is 5.11 Å². The highest BCUT2D eigenvalue weighted by molar-refractivity contribution is 5.58. The third-order valence-electron chi connectivity index (χ3n) is 8.70. The Bertz CT molecular complexity index is 1470. The van der Waals surface area contributed by atoms with Crippen molar-refractivity contribution in [1.29, 1.82) is 0 Å². The molecule has 36 heavy (non-hydrogen) atoms. The van der Waals surface area contributed by atoms with Crippen LogP contribution in [0, 0.1) is 12.3 Å². The number of ether oxygens (including phenoxy) is 1. The molecule has 8 rings (SSSR count). The number of aromatic nitrogens is 7. The van der Waals surface area contributed by atoms with Gasteiger partial charge in [0, 0.05) is 23.9 Å². The zero-order valence-corrected chi connectivity index (χ0v) is 20.8. The van der Waals surface area contributed by atoms with Crippen molar-refractivity contribution in [2.24, 2.45) is 12.5 Å². The Kier molecular flexibility index (Phi) is 4.45. The van der Waals surface area contributed by atoms with Gasteiger partial charge < -0.3 is 14.7 Å². The predicted octanol–water partition coefficient (Wildman–Crippen LogP) is 2.12. The zero-order chi connectivity index (χ0) is 24.7. The maximum Gasteiger partial charge on any atom is 0.184 e. The van der Waals surface area contributed by atoms with E-state index in [-0.39, 0.29) is 17.9 Å². The summed E-state index contributed by atoms with van der Waals surface area (Å²) < 4.78 is 8.20. The molecule has 4 fully saturated rings. The van der Waals surface area contributed by atoms with E-state index in [1.807, 2.05) is 4.52 Å². The van der Waals surface area contributed by atoms with Crippen LogP contribution in [0.5, 0.6) is 0 Å². The molecule has 0 spiro atoms. The van der Waals surface area contributed by atoms with Crippen LogP contribution in [0.25, 0.3) is 5.65 Å². The molecule has 4 aromatic rings. The molecule has 1 aliphatic carbocycles. The number of aryl methyl sites for hydroxylation is 2. The number of hydrogen-bond donors (Lipinski definition) is 1. The van der Waals surface area contributed by atoms with Gasteiger partial charge >= 0.3 is 0 Å². The summed E-state index contributed by atoms with van der Waals surface area (Å²) in [5.74, 6) is 0.965. The van der Waals surface area contributed by atoms with Gasteiger partial charge in [-0.15, -0.1) is 15.3 Å². The Balaban J connectivity index is 1.24. The van der Waals surface area contributed by atoms with Gasteiger partial charge in [-0.1, -0.05) is 37.3 Å². The molecular weight excluding hydrogens is 456 g/mol. The Morgan fingerprint density at radius 2 is 2.03 bits per heavy atom. The first-order chi connectivity index (χ1) is 17.4. The fraction of sp³-hybridized carbons (Fsp3) is 0.500. The third-order valence-corrected chi connectivity index (χ3v) is 8.70. The van der Waals surface area contributed by atoms with Crippen molar-refractivity contribution in [3.63, 3.8) is 0 Å². The second kappa shape index (κ2) is 7.33. The molecule has 0 radical (unpaired) electrons. The summed E-state index contributed by atoms with van der Waals surface area (Å²) in [5.41, 5.74) is 3.36. The van der Waals surface area contributed by atoms with Crippen LogP contribution in [0.1, 0.15) is 48.5 Å². The highest BCUT2D eigenvalue weighted by Gasteiger charge is 2.74. The molecule has 186 valence electrons. The van der Waals surface area contributed by atoms with Gasteiger partial charge in [-0.2, -0.15) is 4.80 Å². The van der Waals surface area contributed by atoms with E-state index in [0.29, 0.717) is 24.7 Å². The van der Waals surface area contributed by atoms with Gasteiger partial charge in [0.25, 0.3) is 0 Å². The first-order valence-electron chi connectivity index (χ1n) is 12.5. The molecule has 2 bridgehead atoms. The molecule has 0 amide bonds. The standard InChI is InChI=1S/C26H30N8O2/c1-17-11-19(33-10-9-24(2,14-33)18-7-5-4-6-8-18)12-34-22(17)27-23(30-34)26-13-25(15-35,16-36-26)20(26)21-28-31-32(3)29-21/h4-8,11-12,20,35H,9-10,13-16H2,1-3H3/t20?,24-,25?,26?/m0/s1. The SMILES string of the molecule is Cc1cc(N2CC[C@](C)(c3ccccc3)C2)cn2nc(C34CC(CO)(CO3)C4c3nnn(C)n3)nc12. The van der Waals surface area contributed by atoms with E-state index in [0.717, 1.165) is 36.4 Å². The van der Waals surface area contributed by atoms with Crippen molar-refractivity contribution in [2.45, 2.75) is 43.6 Å². The molecule has 3 saturated heterocycles. The number of anilines is 1. The van der Waals surface area contributed by atoms with E-state index in [1.165, 1.54) is 10.4 Å². The first-order valence-corrected chi connectivity index (χ1v) is 12.5. The molecule has 10 nitrogen and oxygen atoms in total. The minimum Gasteiger partial charge on any atom is -0.396 e. The van der Waals surface area contributed by atoms with E-state index in [1.54, 1.807) is 7.05 Å². The van der Waals surface area contributed by atoms with Gasteiger partial charge in [-0.3, -0.25) is 0 Å². The van der Waals surface area contributed by atoms with Crippen molar-refractivity contribution >= 4 is 11.3 Å². The Hall–Kier alpha value is -3.37. The van der Waals surface area contributed by atoms with Crippen molar-refractivity contribution in [2.75, 3.05) is 31.2 Å². The normalized spacial score (nSPS) is 31.3. The monoisotopic (exact) mass is 486 g/mol. The average molecular weight is 487 g/mol. The third kappa shape index (κ3) is 2.88. The summed E-state index contributed by atoms with van der Waals surface area (Å²) in [6.45, 7) is 6.81. The number of fused-ring (bicyclic) bond motifs is 2. The number of aliphatic hydroxyl groups is 1.